The van der Waals surface area contributed by atoms with Crippen molar-refractivity contribution in [2.45, 2.75) is 33.6 Å². The molecule has 0 aliphatic heterocycles. The van der Waals surface area contributed by atoms with E-state index in [1.54, 1.807) is 0 Å². The lowest BCUT2D eigenvalue weighted by Crippen LogP contribution is -2.01. The summed E-state index contributed by atoms with van der Waals surface area (Å²) in [5, 5.41) is 2.57. The first kappa shape index (κ1) is 17.2. The Morgan fingerprint density at radius 2 is 1.72 bits per heavy atom. The summed E-state index contributed by atoms with van der Waals surface area (Å²) in [4.78, 5) is 0. The highest BCUT2D eigenvalue weighted by atomic mass is 14.2. The van der Waals surface area contributed by atoms with E-state index >= 15 is 0 Å². The molecule has 2 aromatic carbocycles. The van der Waals surface area contributed by atoms with Gasteiger partial charge in [0.25, 0.3) is 0 Å². The molecule has 0 radical (unpaired) electrons. The Labute approximate surface area is 151 Å². The molecule has 0 amide bonds. The van der Waals surface area contributed by atoms with Crippen molar-refractivity contribution in [3.63, 3.8) is 0 Å². The van der Waals surface area contributed by atoms with Gasteiger partial charge in [-0.2, -0.15) is 0 Å². The molecule has 0 aromatic heterocycles. The van der Waals surface area contributed by atoms with Crippen molar-refractivity contribution in [3.05, 3.63) is 101 Å². The molecule has 0 heteroatoms. The van der Waals surface area contributed by atoms with Crippen LogP contribution in [-0.4, -0.2) is 0 Å². The lowest BCUT2D eigenvalue weighted by molar-refractivity contribution is 1.00. The molecule has 3 rings (SSSR count). The third-order valence-corrected chi connectivity index (χ3v) is 4.78. The first-order valence-corrected chi connectivity index (χ1v) is 9.02. The van der Waals surface area contributed by atoms with Crippen LogP contribution in [-0.2, 0) is 0 Å². The Bertz CT molecular complexity index is 924. The number of benzene rings is 2. The number of hydrogen-bond acceptors (Lipinski definition) is 0. The normalized spacial score (nSPS) is 15.8. The van der Waals surface area contributed by atoms with Crippen molar-refractivity contribution in [3.8, 4) is 0 Å². The third-order valence-electron chi connectivity index (χ3n) is 4.78. The van der Waals surface area contributed by atoms with Gasteiger partial charge in [0.1, 0.15) is 0 Å². The predicted molar refractivity (Wildman–Crippen MR) is 112 cm³/mol. The van der Waals surface area contributed by atoms with Gasteiger partial charge >= 0.3 is 0 Å². The lowest BCUT2D eigenvalue weighted by atomic mass is 9.82. The second-order valence-electron chi connectivity index (χ2n) is 6.68. The second-order valence-corrected chi connectivity index (χ2v) is 6.68. The van der Waals surface area contributed by atoms with Crippen molar-refractivity contribution >= 4 is 16.3 Å². The molecular weight excluding hydrogens is 300 g/mol. The Kier molecular flexibility index (Phi) is 5.19. The topological polar surface area (TPSA) is 0 Å². The van der Waals surface area contributed by atoms with E-state index in [0.717, 1.165) is 18.4 Å². The summed E-state index contributed by atoms with van der Waals surface area (Å²) in [6, 6.07) is 15.2. The second kappa shape index (κ2) is 7.53. The summed E-state index contributed by atoms with van der Waals surface area (Å²) in [6.07, 6.45) is 11.3. The minimum atomic E-state index is 1.10. The third kappa shape index (κ3) is 3.44. The molecule has 0 saturated heterocycles. The molecule has 2 aromatic rings. The highest BCUT2D eigenvalue weighted by molar-refractivity contribution is 6.01. The van der Waals surface area contributed by atoms with Gasteiger partial charge in [-0.3, -0.25) is 0 Å². The molecule has 126 valence electrons. The molecule has 0 nitrogen and oxygen atoms in total. The van der Waals surface area contributed by atoms with E-state index in [1.807, 2.05) is 0 Å². The van der Waals surface area contributed by atoms with E-state index in [9.17, 15) is 0 Å². The van der Waals surface area contributed by atoms with E-state index in [-0.39, 0.29) is 0 Å². The minimum Gasteiger partial charge on any atom is -0.0955 e. The molecule has 1 aliphatic rings. The first-order valence-electron chi connectivity index (χ1n) is 9.02. The predicted octanol–water partition coefficient (Wildman–Crippen LogP) is 7.41. The maximum Gasteiger partial charge on any atom is -0.00309 e. The fourth-order valence-electron chi connectivity index (χ4n) is 3.58. The van der Waals surface area contributed by atoms with Gasteiger partial charge in [-0.25, -0.2) is 0 Å². The van der Waals surface area contributed by atoms with E-state index in [1.165, 1.54) is 38.6 Å². The Morgan fingerprint density at radius 3 is 2.44 bits per heavy atom. The number of fused-ring (bicyclic) bond motifs is 1. The molecule has 0 fully saturated rings. The van der Waals surface area contributed by atoms with Crippen LogP contribution >= 0.6 is 0 Å². The minimum absolute atomic E-state index is 1.10. The van der Waals surface area contributed by atoms with Gasteiger partial charge in [0, 0.05) is 0 Å². The standard InChI is InChI=1S/C25H26/c1-5-11-21(18(2)3)25(22-15-8-6-12-19(22)4)24-17-10-14-20-13-7-9-16-23(20)24/h5,7,9-17H,2,6,8H2,1,3-4H3. The van der Waals surface area contributed by atoms with E-state index in [0.29, 0.717) is 0 Å². The van der Waals surface area contributed by atoms with Crippen LogP contribution in [0.2, 0.25) is 0 Å². The number of allylic oxidation sites excluding steroid dienone is 9. The number of rotatable bonds is 4. The summed E-state index contributed by atoms with van der Waals surface area (Å²) in [7, 11) is 0. The highest BCUT2D eigenvalue weighted by Gasteiger charge is 2.18. The Balaban J connectivity index is 2.39. The zero-order valence-electron chi connectivity index (χ0n) is 15.5. The summed E-state index contributed by atoms with van der Waals surface area (Å²) < 4.78 is 0. The molecule has 0 bridgehead atoms. The summed E-state index contributed by atoms with van der Waals surface area (Å²) in [6.45, 7) is 10.7. The molecule has 0 spiro atoms. The van der Waals surface area contributed by atoms with Crippen LogP contribution in [0.1, 0.15) is 39.2 Å². The van der Waals surface area contributed by atoms with Crippen LogP contribution in [0.25, 0.3) is 16.3 Å². The molecule has 0 unspecified atom stereocenters. The van der Waals surface area contributed by atoms with Gasteiger partial charge < -0.3 is 0 Å². The van der Waals surface area contributed by atoms with Crippen molar-refractivity contribution in [1.82, 2.24) is 0 Å². The van der Waals surface area contributed by atoms with Crippen molar-refractivity contribution in [2.75, 3.05) is 0 Å². The fourth-order valence-corrected chi connectivity index (χ4v) is 3.58. The highest BCUT2D eigenvalue weighted by Crippen LogP contribution is 2.39. The molecule has 1 aliphatic carbocycles. The van der Waals surface area contributed by atoms with E-state index < -0.39 is 0 Å². The van der Waals surface area contributed by atoms with E-state index in [2.05, 4.69) is 94.1 Å². The fraction of sp³-hybridized carbons (Fsp3) is 0.200. The van der Waals surface area contributed by atoms with Gasteiger partial charge in [-0.1, -0.05) is 78.9 Å². The molecule has 0 atom stereocenters. The summed E-state index contributed by atoms with van der Waals surface area (Å²) >= 11 is 0. The van der Waals surface area contributed by atoms with Crippen LogP contribution in [0.15, 0.2) is 95.6 Å². The maximum atomic E-state index is 4.26. The Hall–Kier alpha value is -2.60. The van der Waals surface area contributed by atoms with Crippen molar-refractivity contribution in [2.24, 2.45) is 0 Å². The number of hydrogen-bond donors (Lipinski definition) is 0. The molecule has 0 saturated carbocycles. The van der Waals surface area contributed by atoms with Gasteiger partial charge in [0.15, 0.2) is 0 Å². The first-order chi connectivity index (χ1) is 12.1. The summed E-state index contributed by atoms with van der Waals surface area (Å²) in [5.74, 6) is 0. The Morgan fingerprint density at radius 1 is 1.00 bits per heavy atom. The van der Waals surface area contributed by atoms with Crippen LogP contribution in [0.4, 0.5) is 0 Å². The molecule has 0 N–H and O–H groups in total. The average molecular weight is 326 g/mol. The van der Waals surface area contributed by atoms with Crippen molar-refractivity contribution < 1.29 is 0 Å². The largest absolute Gasteiger partial charge is 0.0955 e. The van der Waals surface area contributed by atoms with Crippen LogP contribution in [0.5, 0.6) is 0 Å². The van der Waals surface area contributed by atoms with Crippen LogP contribution < -0.4 is 0 Å². The quantitative estimate of drug-likeness (QED) is 0.513. The monoisotopic (exact) mass is 326 g/mol. The molecule has 25 heavy (non-hydrogen) atoms. The van der Waals surface area contributed by atoms with Gasteiger partial charge in [0.05, 0.1) is 0 Å². The SMILES string of the molecule is C=C(C)C(C=CC)=C(C1=CCCC=C1C)c1cccc2ccccc12. The van der Waals surface area contributed by atoms with Crippen LogP contribution in [0.3, 0.4) is 0 Å². The van der Waals surface area contributed by atoms with Crippen molar-refractivity contribution in [1.29, 1.82) is 0 Å². The summed E-state index contributed by atoms with van der Waals surface area (Å²) in [5.41, 5.74) is 7.61. The average Bonchev–Trinajstić information content (AvgIpc) is 2.62. The van der Waals surface area contributed by atoms with Gasteiger partial charge in [-0.15, -0.1) is 0 Å². The molecular formula is C25H26. The van der Waals surface area contributed by atoms with E-state index in [4.69, 9.17) is 0 Å². The van der Waals surface area contributed by atoms with Crippen LogP contribution in [0, 0.1) is 0 Å². The van der Waals surface area contributed by atoms with Gasteiger partial charge in [-0.05, 0) is 72.2 Å². The van der Waals surface area contributed by atoms with Gasteiger partial charge in [0.2, 0.25) is 0 Å². The smallest absolute Gasteiger partial charge is 0.00309 e. The molecule has 0 heterocycles. The zero-order valence-corrected chi connectivity index (χ0v) is 15.5. The zero-order chi connectivity index (χ0) is 17.8. The lowest BCUT2D eigenvalue weighted by Gasteiger charge is -2.22. The maximum absolute atomic E-state index is 4.26.